The number of rotatable bonds is 2. The topological polar surface area (TPSA) is 52.0 Å². The zero-order valence-corrected chi connectivity index (χ0v) is 7.67. The fourth-order valence-corrected chi connectivity index (χ4v) is 1.21. The van der Waals surface area contributed by atoms with Crippen molar-refractivity contribution in [3.05, 3.63) is 29.3 Å². The first kappa shape index (κ1) is 9.07. The van der Waals surface area contributed by atoms with Gasteiger partial charge in [0.25, 0.3) is 0 Å². The number of anilines is 1. The van der Waals surface area contributed by atoms with Crippen molar-refractivity contribution >= 4 is 5.69 Å². The van der Waals surface area contributed by atoms with Gasteiger partial charge in [0.1, 0.15) is 0 Å². The first-order valence-corrected chi connectivity index (χ1v) is 4.28. The van der Waals surface area contributed by atoms with E-state index in [1.165, 1.54) is 5.56 Å². The largest absolute Gasteiger partial charge is 0.399 e. The van der Waals surface area contributed by atoms with Gasteiger partial charge in [-0.15, -0.1) is 0 Å². The molecule has 1 atom stereocenters. The predicted octanol–water partition coefficient (Wildman–Crippen LogP) is 1.85. The SMILES string of the molecule is CCc1cc(N)cc(C(C)N)c1. The highest BCUT2D eigenvalue weighted by Crippen LogP contribution is 2.17. The van der Waals surface area contributed by atoms with Crippen LogP contribution in [0.4, 0.5) is 5.69 Å². The third-order valence-electron chi connectivity index (χ3n) is 1.97. The van der Waals surface area contributed by atoms with E-state index >= 15 is 0 Å². The average molecular weight is 164 g/mol. The molecule has 4 N–H and O–H groups in total. The van der Waals surface area contributed by atoms with E-state index in [-0.39, 0.29) is 6.04 Å². The molecule has 66 valence electrons. The van der Waals surface area contributed by atoms with Crippen molar-refractivity contribution in [2.75, 3.05) is 5.73 Å². The second-order valence-corrected chi connectivity index (χ2v) is 3.15. The van der Waals surface area contributed by atoms with Gasteiger partial charge < -0.3 is 11.5 Å². The Morgan fingerprint density at radius 2 is 2.00 bits per heavy atom. The normalized spacial score (nSPS) is 12.9. The Morgan fingerprint density at radius 1 is 1.33 bits per heavy atom. The van der Waals surface area contributed by atoms with Gasteiger partial charge in [-0.2, -0.15) is 0 Å². The van der Waals surface area contributed by atoms with Crippen LogP contribution < -0.4 is 11.5 Å². The van der Waals surface area contributed by atoms with Crippen LogP contribution in [0.5, 0.6) is 0 Å². The molecule has 0 amide bonds. The molecule has 0 spiro atoms. The number of benzene rings is 1. The molecule has 0 aliphatic rings. The van der Waals surface area contributed by atoms with Gasteiger partial charge in [-0.1, -0.05) is 13.0 Å². The van der Waals surface area contributed by atoms with Crippen LogP contribution in [0.25, 0.3) is 0 Å². The maximum atomic E-state index is 5.75. The van der Waals surface area contributed by atoms with Crippen molar-refractivity contribution in [2.45, 2.75) is 26.3 Å². The van der Waals surface area contributed by atoms with E-state index in [1.807, 2.05) is 19.1 Å². The van der Waals surface area contributed by atoms with Gasteiger partial charge >= 0.3 is 0 Å². The first-order chi connectivity index (χ1) is 5.63. The highest BCUT2D eigenvalue weighted by atomic mass is 14.6. The standard InChI is InChI=1S/C10H16N2/c1-3-8-4-9(7(2)11)6-10(12)5-8/h4-7H,3,11-12H2,1-2H3. The number of aryl methyl sites for hydroxylation is 1. The molecule has 0 aromatic heterocycles. The lowest BCUT2D eigenvalue weighted by atomic mass is 10.0. The molecule has 2 nitrogen and oxygen atoms in total. The van der Waals surface area contributed by atoms with Gasteiger partial charge in [0.2, 0.25) is 0 Å². The molecular formula is C10H16N2. The number of hydrogen-bond acceptors (Lipinski definition) is 2. The summed E-state index contributed by atoms with van der Waals surface area (Å²) in [6.45, 7) is 4.08. The molecule has 1 aromatic rings. The van der Waals surface area contributed by atoms with Crippen LogP contribution in [0.1, 0.15) is 31.0 Å². The van der Waals surface area contributed by atoms with Crippen LogP contribution in [0, 0.1) is 0 Å². The van der Waals surface area contributed by atoms with Gasteiger partial charge in [0, 0.05) is 11.7 Å². The Kier molecular flexibility index (Phi) is 2.71. The fourth-order valence-electron chi connectivity index (χ4n) is 1.21. The van der Waals surface area contributed by atoms with Gasteiger partial charge in [-0.3, -0.25) is 0 Å². The molecule has 0 heterocycles. The molecule has 1 rings (SSSR count). The number of hydrogen-bond donors (Lipinski definition) is 2. The second-order valence-electron chi connectivity index (χ2n) is 3.15. The Hall–Kier alpha value is -1.02. The maximum absolute atomic E-state index is 5.75. The third-order valence-corrected chi connectivity index (χ3v) is 1.97. The van der Waals surface area contributed by atoms with E-state index in [0.717, 1.165) is 17.7 Å². The molecule has 0 aliphatic heterocycles. The van der Waals surface area contributed by atoms with Crippen LogP contribution in [0.2, 0.25) is 0 Å². The summed E-state index contributed by atoms with van der Waals surface area (Å²) in [5, 5.41) is 0. The van der Waals surface area contributed by atoms with Crippen molar-refractivity contribution in [1.82, 2.24) is 0 Å². The van der Waals surface area contributed by atoms with Crippen molar-refractivity contribution in [3.8, 4) is 0 Å². The molecule has 1 aromatic carbocycles. The summed E-state index contributed by atoms with van der Waals surface area (Å²) >= 11 is 0. The quantitative estimate of drug-likeness (QED) is 0.655. The van der Waals surface area contributed by atoms with Crippen molar-refractivity contribution in [2.24, 2.45) is 5.73 Å². The Morgan fingerprint density at radius 3 is 2.50 bits per heavy atom. The molecule has 0 bridgehead atoms. The van der Waals surface area contributed by atoms with Crippen LogP contribution >= 0.6 is 0 Å². The van der Waals surface area contributed by atoms with E-state index in [1.54, 1.807) is 0 Å². The second kappa shape index (κ2) is 3.59. The molecule has 0 saturated carbocycles. The lowest BCUT2D eigenvalue weighted by Gasteiger charge is -2.08. The number of nitrogens with two attached hydrogens (primary N) is 2. The van der Waals surface area contributed by atoms with E-state index in [9.17, 15) is 0 Å². The minimum absolute atomic E-state index is 0.0683. The maximum Gasteiger partial charge on any atom is 0.0320 e. The molecule has 0 aliphatic carbocycles. The van der Waals surface area contributed by atoms with Crippen LogP contribution in [0.15, 0.2) is 18.2 Å². The molecule has 0 radical (unpaired) electrons. The van der Waals surface area contributed by atoms with Gasteiger partial charge in [-0.25, -0.2) is 0 Å². The molecular weight excluding hydrogens is 148 g/mol. The third kappa shape index (κ3) is 1.98. The summed E-state index contributed by atoms with van der Waals surface area (Å²) in [5.41, 5.74) is 14.6. The fraction of sp³-hybridized carbons (Fsp3) is 0.400. The summed E-state index contributed by atoms with van der Waals surface area (Å²) in [6.07, 6.45) is 1.00. The van der Waals surface area contributed by atoms with E-state index in [4.69, 9.17) is 11.5 Å². The zero-order chi connectivity index (χ0) is 9.14. The summed E-state index contributed by atoms with van der Waals surface area (Å²) < 4.78 is 0. The van der Waals surface area contributed by atoms with Gasteiger partial charge in [0.15, 0.2) is 0 Å². The van der Waals surface area contributed by atoms with Crippen LogP contribution in [0.3, 0.4) is 0 Å². The Balaban J connectivity index is 3.06. The van der Waals surface area contributed by atoms with Crippen LogP contribution in [-0.2, 0) is 6.42 Å². The summed E-state index contributed by atoms with van der Waals surface area (Å²) in [4.78, 5) is 0. The van der Waals surface area contributed by atoms with Crippen molar-refractivity contribution in [1.29, 1.82) is 0 Å². The molecule has 2 heteroatoms. The highest BCUT2D eigenvalue weighted by Gasteiger charge is 2.01. The van der Waals surface area contributed by atoms with E-state index < -0.39 is 0 Å². The minimum atomic E-state index is 0.0683. The smallest absolute Gasteiger partial charge is 0.0320 e. The first-order valence-electron chi connectivity index (χ1n) is 4.28. The average Bonchev–Trinajstić information content (AvgIpc) is 2.03. The molecule has 0 fully saturated rings. The van der Waals surface area contributed by atoms with Crippen LogP contribution in [-0.4, -0.2) is 0 Å². The monoisotopic (exact) mass is 164 g/mol. The lowest BCUT2D eigenvalue weighted by molar-refractivity contribution is 0.816. The Bertz CT molecular complexity index is 267. The van der Waals surface area contributed by atoms with Gasteiger partial charge in [0.05, 0.1) is 0 Å². The summed E-state index contributed by atoms with van der Waals surface area (Å²) in [6, 6.07) is 6.11. The Labute approximate surface area is 73.6 Å². The number of nitrogen functional groups attached to an aromatic ring is 1. The molecule has 12 heavy (non-hydrogen) atoms. The lowest BCUT2D eigenvalue weighted by Crippen LogP contribution is -2.06. The van der Waals surface area contributed by atoms with Crippen molar-refractivity contribution < 1.29 is 0 Å². The molecule has 0 saturated heterocycles. The van der Waals surface area contributed by atoms with E-state index in [2.05, 4.69) is 13.0 Å². The molecule has 1 unspecified atom stereocenters. The van der Waals surface area contributed by atoms with Crippen molar-refractivity contribution in [3.63, 3.8) is 0 Å². The summed E-state index contributed by atoms with van der Waals surface area (Å²) in [7, 11) is 0. The predicted molar refractivity (Wildman–Crippen MR) is 52.8 cm³/mol. The zero-order valence-electron chi connectivity index (χ0n) is 7.67. The highest BCUT2D eigenvalue weighted by molar-refractivity contribution is 5.45. The summed E-state index contributed by atoms with van der Waals surface area (Å²) in [5.74, 6) is 0. The van der Waals surface area contributed by atoms with Gasteiger partial charge in [-0.05, 0) is 36.6 Å². The minimum Gasteiger partial charge on any atom is -0.399 e. The van der Waals surface area contributed by atoms with E-state index in [0.29, 0.717) is 0 Å².